The standard InChI is InChI=1S/C20H17F2N5O2.C5H11N/c1-23-20-25-10-8-13(27-20)12-3-2-9-24-19(12)29-15-7-6-14(16(21)17(15)22)26-18(28)11-4-5-11;1-2-4-6-5-3-1/h2-3,6-11H,4-5H2,1H3,(H,26,28)(H,23,25,27);6H,1-5H2. The summed E-state index contributed by atoms with van der Waals surface area (Å²) < 4.78 is 34.5. The Labute approximate surface area is 202 Å². The van der Waals surface area contributed by atoms with Crippen LogP contribution in [0.1, 0.15) is 32.1 Å². The lowest BCUT2D eigenvalue weighted by Gasteiger charge is -2.12. The molecular formula is C25H28F2N6O2. The molecule has 1 aliphatic carbocycles. The lowest BCUT2D eigenvalue weighted by Crippen LogP contribution is -2.21. The summed E-state index contributed by atoms with van der Waals surface area (Å²) >= 11 is 0. The Morgan fingerprint density at radius 3 is 2.49 bits per heavy atom. The number of ether oxygens (including phenoxy) is 1. The zero-order chi connectivity index (χ0) is 24.6. The van der Waals surface area contributed by atoms with Crippen LogP contribution in [0.25, 0.3) is 11.3 Å². The molecule has 1 saturated carbocycles. The molecule has 1 saturated heterocycles. The molecule has 2 aromatic heterocycles. The number of nitrogens with one attached hydrogen (secondary N) is 3. The molecule has 1 aliphatic heterocycles. The zero-order valence-electron chi connectivity index (χ0n) is 19.5. The van der Waals surface area contributed by atoms with Gasteiger partial charge >= 0.3 is 0 Å². The van der Waals surface area contributed by atoms with Crippen LogP contribution in [0, 0.1) is 17.6 Å². The van der Waals surface area contributed by atoms with Gasteiger partial charge in [0.05, 0.1) is 16.9 Å². The number of anilines is 2. The van der Waals surface area contributed by atoms with Crippen LogP contribution >= 0.6 is 0 Å². The lowest BCUT2D eigenvalue weighted by molar-refractivity contribution is -0.117. The molecule has 184 valence electrons. The number of hydrogen-bond donors (Lipinski definition) is 3. The number of aromatic nitrogens is 3. The van der Waals surface area contributed by atoms with Crippen LogP contribution < -0.4 is 20.7 Å². The van der Waals surface area contributed by atoms with Gasteiger partial charge in [-0.05, 0) is 69.1 Å². The predicted octanol–water partition coefficient (Wildman–Crippen LogP) is 4.76. The van der Waals surface area contributed by atoms with Crippen LogP contribution in [0.3, 0.4) is 0 Å². The number of carbonyl (C=O) groups is 1. The maximum Gasteiger partial charge on any atom is 0.228 e. The van der Waals surface area contributed by atoms with Gasteiger partial charge in [0.2, 0.25) is 23.6 Å². The number of amides is 1. The van der Waals surface area contributed by atoms with E-state index in [-0.39, 0.29) is 29.1 Å². The van der Waals surface area contributed by atoms with Crippen molar-refractivity contribution >= 4 is 17.5 Å². The molecule has 35 heavy (non-hydrogen) atoms. The largest absolute Gasteiger partial charge is 0.435 e. The van der Waals surface area contributed by atoms with Crippen LogP contribution in [-0.4, -0.2) is 41.0 Å². The van der Waals surface area contributed by atoms with Crippen molar-refractivity contribution in [2.24, 2.45) is 5.92 Å². The molecule has 3 N–H and O–H groups in total. The van der Waals surface area contributed by atoms with Crippen molar-refractivity contribution in [3.8, 4) is 22.9 Å². The Morgan fingerprint density at radius 1 is 1.03 bits per heavy atom. The highest BCUT2D eigenvalue weighted by Crippen LogP contribution is 2.35. The Morgan fingerprint density at radius 2 is 1.83 bits per heavy atom. The van der Waals surface area contributed by atoms with E-state index < -0.39 is 11.6 Å². The Kier molecular flexibility index (Phi) is 8.15. The van der Waals surface area contributed by atoms with Crippen molar-refractivity contribution in [3.05, 3.63) is 54.4 Å². The average Bonchev–Trinajstić information content (AvgIpc) is 3.76. The number of pyridine rings is 1. The van der Waals surface area contributed by atoms with Crippen molar-refractivity contribution in [2.75, 3.05) is 30.8 Å². The first-order chi connectivity index (χ1) is 17.1. The Bertz CT molecular complexity index is 1160. The molecule has 8 nitrogen and oxygen atoms in total. The molecule has 5 rings (SSSR count). The van der Waals surface area contributed by atoms with E-state index in [0.29, 0.717) is 17.2 Å². The van der Waals surface area contributed by atoms with Crippen LogP contribution in [0.2, 0.25) is 0 Å². The molecule has 0 bridgehead atoms. The molecule has 3 aromatic rings. The van der Waals surface area contributed by atoms with E-state index in [1.165, 1.54) is 50.7 Å². The maximum atomic E-state index is 14.6. The van der Waals surface area contributed by atoms with Crippen LogP contribution in [0.15, 0.2) is 42.7 Å². The lowest BCUT2D eigenvalue weighted by atomic mass is 10.2. The van der Waals surface area contributed by atoms with Crippen molar-refractivity contribution < 1.29 is 18.3 Å². The van der Waals surface area contributed by atoms with Crippen molar-refractivity contribution in [1.29, 1.82) is 0 Å². The normalized spacial score (nSPS) is 14.9. The summed E-state index contributed by atoms with van der Waals surface area (Å²) in [4.78, 5) is 24.3. The van der Waals surface area contributed by atoms with Gasteiger partial charge in [-0.3, -0.25) is 4.79 Å². The average molecular weight is 483 g/mol. The smallest absolute Gasteiger partial charge is 0.228 e. The van der Waals surface area contributed by atoms with Gasteiger partial charge in [-0.2, -0.15) is 4.39 Å². The number of hydrogen-bond acceptors (Lipinski definition) is 7. The summed E-state index contributed by atoms with van der Waals surface area (Å²) in [5.41, 5.74) is 0.765. The van der Waals surface area contributed by atoms with Crippen LogP contribution in [0.5, 0.6) is 11.6 Å². The molecule has 10 heteroatoms. The van der Waals surface area contributed by atoms with E-state index in [4.69, 9.17) is 4.74 Å². The predicted molar refractivity (Wildman–Crippen MR) is 129 cm³/mol. The number of carbonyl (C=O) groups excluding carboxylic acids is 1. The molecule has 0 radical (unpaired) electrons. The first-order valence-corrected chi connectivity index (χ1v) is 11.7. The van der Waals surface area contributed by atoms with Gasteiger partial charge in [0, 0.05) is 25.4 Å². The van der Waals surface area contributed by atoms with Gasteiger partial charge in [0.15, 0.2) is 11.6 Å². The summed E-state index contributed by atoms with van der Waals surface area (Å²) in [6.07, 6.45) is 8.77. The topological polar surface area (TPSA) is 101 Å². The molecule has 1 aromatic carbocycles. The van der Waals surface area contributed by atoms with E-state index in [0.717, 1.165) is 12.8 Å². The van der Waals surface area contributed by atoms with Crippen molar-refractivity contribution in [2.45, 2.75) is 32.1 Å². The van der Waals surface area contributed by atoms with Gasteiger partial charge in [-0.25, -0.2) is 19.3 Å². The molecule has 3 heterocycles. The first-order valence-electron chi connectivity index (χ1n) is 11.7. The van der Waals surface area contributed by atoms with Gasteiger partial charge in [-0.15, -0.1) is 0 Å². The second-order valence-corrected chi connectivity index (χ2v) is 8.29. The zero-order valence-corrected chi connectivity index (χ0v) is 19.5. The SMILES string of the molecule is C1CCNCC1.CNc1nccc(-c2cccnc2Oc2ccc(NC(=O)C3CC3)c(F)c2F)n1. The monoisotopic (exact) mass is 482 g/mol. The summed E-state index contributed by atoms with van der Waals surface area (Å²) in [5, 5.41) is 8.52. The van der Waals surface area contributed by atoms with Gasteiger partial charge in [-0.1, -0.05) is 6.42 Å². The maximum absolute atomic E-state index is 14.6. The Balaban J connectivity index is 0.000000421. The highest BCUT2D eigenvalue weighted by Gasteiger charge is 2.30. The molecule has 2 aliphatic rings. The molecule has 2 fully saturated rings. The third-order valence-electron chi connectivity index (χ3n) is 5.59. The first kappa shape index (κ1) is 24.5. The van der Waals surface area contributed by atoms with E-state index in [2.05, 4.69) is 30.9 Å². The van der Waals surface area contributed by atoms with Gasteiger partial charge in [0.25, 0.3) is 0 Å². The Hall–Kier alpha value is -3.66. The van der Waals surface area contributed by atoms with Crippen LogP contribution in [0.4, 0.5) is 20.4 Å². The fraction of sp³-hybridized carbons (Fsp3) is 0.360. The minimum Gasteiger partial charge on any atom is -0.435 e. The van der Waals surface area contributed by atoms with Gasteiger partial charge < -0.3 is 20.7 Å². The fourth-order valence-electron chi connectivity index (χ4n) is 3.49. The molecular weight excluding hydrogens is 454 g/mol. The summed E-state index contributed by atoms with van der Waals surface area (Å²) in [7, 11) is 1.68. The molecule has 0 atom stereocenters. The summed E-state index contributed by atoms with van der Waals surface area (Å²) in [6.45, 7) is 2.50. The van der Waals surface area contributed by atoms with Crippen molar-refractivity contribution in [3.63, 3.8) is 0 Å². The van der Waals surface area contributed by atoms with Crippen LogP contribution in [-0.2, 0) is 4.79 Å². The number of benzene rings is 1. The third-order valence-corrected chi connectivity index (χ3v) is 5.59. The number of halogens is 2. The fourth-order valence-corrected chi connectivity index (χ4v) is 3.49. The number of nitrogens with zero attached hydrogens (tertiary/aromatic N) is 3. The minimum absolute atomic E-state index is 0.0568. The third kappa shape index (κ3) is 6.48. The minimum atomic E-state index is -1.21. The molecule has 1 amide bonds. The van der Waals surface area contributed by atoms with Gasteiger partial charge in [0.1, 0.15) is 0 Å². The van der Waals surface area contributed by atoms with E-state index in [1.807, 2.05) is 0 Å². The quantitative estimate of drug-likeness (QED) is 0.466. The second kappa shape index (κ2) is 11.7. The number of piperidine rings is 1. The second-order valence-electron chi connectivity index (χ2n) is 8.29. The molecule has 0 spiro atoms. The van der Waals surface area contributed by atoms with E-state index >= 15 is 0 Å². The highest BCUT2D eigenvalue weighted by molar-refractivity contribution is 5.94. The highest BCUT2D eigenvalue weighted by atomic mass is 19.2. The van der Waals surface area contributed by atoms with E-state index in [1.54, 1.807) is 31.4 Å². The summed E-state index contributed by atoms with van der Waals surface area (Å²) in [6, 6.07) is 7.54. The van der Waals surface area contributed by atoms with Crippen molar-refractivity contribution in [1.82, 2.24) is 20.3 Å². The molecule has 0 unspecified atom stereocenters. The summed E-state index contributed by atoms with van der Waals surface area (Å²) in [5.74, 6) is -2.74. The van der Waals surface area contributed by atoms with E-state index in [9.17, 15) is 13.6 Å². The number of rotatable bonds is 6.